The van der Waals surface area contributed by atoms with E-state index in [4.69, 9.17) is 5.11 Å². The fraction of sp³-hybridized carbons (Fsp3) is 0.579. The summed E-state index contributed by atoms with van der Waals surface area (Å²) in [5, 5.41) is 17.9. The first-order valence-corrected chi connectivity index (χ1v) is 38.7. The first kappa shape index (κ1) is 107. The Morgan fingerprint density at radius 3 is 0.862 bits per heavy atom. The van der Waals surface area contributed by atoms with Crippen LogP contribution in [0.4, 0.5) is 123 Å². The minimum atomic E-state index is -6.09. The van der Waals surface area contributed by atoms with Crippen LogP contribution in [0.15, 0.2) is 122 Å². The first-order chi connectivity index (χ1) is 52.9. The van der Waals surface area contributed by atoms with Crippen LogP contribution in [0.3, 0.4) is 0 Å². The van der Waals surface area contributed by atoms with E-state index in [1.807, 2.05) is 0 Å². The van der Waals surface area contributed by atoms with Crippen LogP contribution in [0.2, 0.25) is 0 Å². The second-order valence-electron chi connectivity index (χ2n) is 27.3. The zero-order chi connectivity index (χ0) is 89.8. The highest BCUT2D eigenvalue weighted by Crippen LogP contribution is 2.56. The maximum absolute atomic E-state index is 14.4. The fourth-order valence-corrected chi connectivity index (χ4v) is 12.5. The number of aliphatic hydroxyl groups is 2. The minimum absolute atomic E-state index is 0. The van der Waals surface area contributed by atoms with Gasteiger partial charge in [0.2, 0.25) is 0 Å². The van der Waals surface area contributed by atoms with Crippen molar-refractivity contribution in [3.63, 3.8) is 0 Å². The monoisotopic (exact) mass is 1760 g/mol. The third kappa shape index (κ3) is 31.1. The number of carbonyl (C=O) groups is 2. The average molecular weight is 1760 g/mol. The fourth-order valence-electron chi connectivity index (χ4n) is 11.7. The molecule has 666 valence electrons. The zero-order valence-electron chi connectivity index (χ0n) is 63.4. The van der Waals surface area contributed by atoms with Gasteiger partial charge < -0.3 is 29.2 Å². The Hall–Kier alpha value is -7.36. The van der Waals surface area contributed by atoms with Gasteiger partial charge in [-0.3, -0.25) is 0 Å². The van der Waals surface area contributed by atoms with Gasteiger partial charge in [-0.1, -0.05) is 246 Å². The molecule has 0 fully saturated rings. The van der Waals surface area contributed by atoms with E-state index in [1.54, 1.807) is 13.8 Å². The average Bonchev–Trinajstić information content (AvgIpc) is 0.730. The Kier molecular flexibility index (Phi) is 41.0. The Morgan fingerprint density at radius 2 is 0.621 bits per heavy atom. The zero-order valence-corrected chi connectivity index (χ0v) is 65.1. The molecule has 0 spiro atoms. The molecule has 4 aromatic carbocycles. The third-order valence-corrected chi connectivity index (χ3v) is 19.8. The molecule has 0 aliphatic rings. The summed E-state index contributed by atoms with van der Waals surface area (Å²) in [5.74, 6) is -0.356. The largest absolute Gasteiger partial charge is 0.510 e. The number of unbranched alkanes of at least 4 members (excludes halogenated alkanes) is 14. The topological polar surface area (TPSA) is 180 Å². The second kappa shape index (κ2) is 44.6. The molecule has 0 radical (unpaired) electrons. The van der Waals surface area contributed by atoms with Gasteiger partial charge in [-0.05, 0) is 93.9 Å². The van der Waals surface area contributed by atoms with E-state index in [0.29, 0.717) is 96.5 Å². The summed E-state index contributed by atoms with van der Waals surface area (Å²) in [6.45, 7) is 17.8. The quantitative estimate of drug-likeness (QED) is 0.0189. The van der Waals surface area contributed by atoms with Gasteiger partial charge in [0.25, 0.3) is 11.2 Å². The van der Waals surface area contributed by atoms with Crippen molar-refractivity contribution >= 4 is 44.9 Å². The number of rotatable bonds is 37. The Labute approximate surface area is 658 Å². The van der Waals surface area contributed by atoms with E-state index in [1.165, 1.54) is 52.0 Å². The Balaban J connectivity index is 0. The van der Waals surface area contributed by atoms with Gasteiger partial charge >= 0.3 is 93.4 Å². The van der Waals surface area contributed by atoms with Crippen molar-refractivity contribution in [2.75, 3.05) is 0 Å². The standard InChI is InChI=1S/C48H67F13O6S.C15H14F6O3.C11H8F6O.C2H3FO2S.2H2/c1-5-41(68(61,64)65)25-21-17-13-9-8-12-16-20-24-37(38-28-32-40(33-29-38)44(47(55,56)57,48(58,59)60)67-42(62)66-34(2)3)23-19-15-11-7-6-10-14-18-22-35(4)36-26-30-39(31-27-36)43(63,45(49,50)51)46(52,53)54;1-4-10-5-7-11(8-6-10)13(14(16,17)18,15(19,20)21)24-12(22)23-9(2)3;1-2-7-3-5-8(6-4-7)9(18,10(12,13)14)11(15,16)17;1-2-6(3,4)5;;/h26-35,37,41,63H,5-25H2,1-4H3;4-9H,1H2,2-3H3;2-6,18H,1H2;2H,1H2;2*1H. The van der Waals surface area contributed by atoms with Gasteiger partial charge in [0, 0.05) is 25.1 Å². The number of ether oxygens (including phenoxy) is 4. The molecule has 4 aromatic rings. The maximum Gasteiger partial charge on any atom is 0.510 e. The lowest BCUT2D eigenvalue weighted by Crippen LogP contribution is -2.57. The lowest BCUT2D eigenvalue weighted by molar-refractivity contribution is -0.377. The summed E-state index contributed by atoms with van der Waals surface area (Å²) in [6, 6.07) is 13.6. The molecule has 0 bridgehead atoms. The van der Waals surface area contributed by atoms with E-state index in [0.717, 1.165) is 133 Å². The van der Waals surface area contributed by atoms with E-state index in [2.05, 4.69) is 38.7 Å². The van der Waals surface area contributed by atoms with Crippen molar-refractivity contribution in [3.8, 4) is 0 Å². The van der Waals surface area contributed by atoms with Gasteiger partial charge in [-0.2, -0.15) is 122 Å². The predicted molar refractivity (Wildman–Crippen MR) is 383 cm³/mol. The van der Waals surface area contributed by atoms with Gasteiger partial charge in [0.05, 0.1) is 22.9 Å². The van der Waals surface area contributed by atoms with E-state index >= 15 is 0 Å². The van der Waals surface area contributed by atoms with E-state index in [-0.39, 0.29) is 32.9 Å². The van der Waals surface area contributed by atoms with E-state index in [9.17, 15) is 145 Å². The van der Waals surface area contributed by atoms with Gasteiger partial charge in [-0.25, -0.2) is 9.59 Å². The van der Waals surface area contributed by atoms with E-state index < -0.39 is 144 Å². The SMILES string of the molecule is C=CS(=O)(=O)F.C=Cc1ccc(C(O)(C(F)(F)F)C(F)(F)F)cc1.C=Cc1ccc(C(OC(=O)OC(C)C)(C(F)(F)F)C(F)(F)F)cc1.CCC(CCCCCCCCCCC(CCCCCCCCCCC(C)c1ccc(C(O)(C(F)(F)F)C(F)(F)F)cc1)c1ccc(C(OC(=O)OC(C)C)(C(F)(F)F)C(F)(F)F)cc1)S(=O)(=O)F.[HH].[HH]. The summed E-state index contributed by atoms with van der Waals surface area (Å²) < 4.78 is 402. The highest BCUT2D eigenvalue weighted by atomic mass is 32.3. The van der Waals surface area contributed by atoms with Crippen LogP contribution in [0, 0.1) is 0 Å². The molecule has 0 saturated carbocycles. The van der Waals surface area contributed by atoms with Crippen molar-refractivity contribution in [2.24, 2.45) is 0 Å². The van der Waals surface area contributed by atoms with Gasteiger partial charge in [-0.15, -0.1) is 7.77 Å². The summed E-state index contributed by atoms with van der Waals surface area (Å²) >= 11 is 0. The van der Waals surface area contributed by atoms with Gasteiger partial charge in [0.1, 0.15) is 0 Å². The Morgan fingerprint density at radius 1 is 0.379 bits per heavy atom. The summed E-state index contributed by atoms with van der Waals surface area (Å²) in [5.41, 5.74) is -23.2. The molecule has 2 N–H and O–H groups in total. The molecule has 0 aromatic heterocycles. The molecule has 40 heteroatoms. The number of hydrogen-bond acceptors (Lipinski definition) is 12. The van der Waals surface area contributed by atoms with Crippen molar-refractivity contribution in [2.45, 2.75) is 277 Å². The van der Waals surface area contributed by atoms with Gasteiger partial charge in [0.15, 0.2) is 0 Å². The van der Waals surface area contributed by atoms with Crippen molar-refractivity contribution < 1.29 is 172 Å². The molecule has 0 aliphatic carbocycles. The summed E-state index contributed by atoms with van der Waals surface area (Å²) in [4.78, 5) is 23.5. The molecule has 0 heterocycles. The van der Waals surface area contributed by atoms with Crippen LogP contribution in [0.5, 0.6) is 0 Å². The predicted octanol–water partition coefficient (Wildman–Crippen LogP) is 26.4. The lowest BCUT2D eigenvalue weighted by Gasteiger charge is -2.36. The molecule has 3 atom stereocenters. The molecule has 3 unspecified atom stereocenters. The van der Waals surface area contributed by atoms with Crippen LogP contribution in [0.25, 0.3) is 12.2 Å². The number of carbonyl (C=O) groups excluding carboxylic acids is 2. The van der Waals surface area contributed by atoms with Crippen molar-refractivity contribution in [3.05, 3.63) is 167 Å². The number of hydrogen-bond donors (Lipinski definition) is 2. The number of benzene rings is 4. The normalized spacial score (nSPS) is 14.0. The van der Waals surface area contributed by atoms with Crippen LogP contribution in [0.1, 0.15) is 236 Å². The smallest absolute Gasteiger partial charge is 0.432 e. The highest BCUT2D eigenvalue weighted by Gasteiger charge is 2.78. The maximum atomic E-state index is 14.4. The molecule has 116 heavy (non-hydrogen) atoms. The molecule has 0 saturated heterocycles. The molecular weight excluding hydrogens is 1660 g/mol. The summed E-state index contributed by atoms with van der Waals surface area (Å²) in [7, 11) is -8.96. The molecule has 4 rings (SSSR count). The Bertz CT molecular complexity index is 3800. The lowest BCUT2D eigenvalue weighted by atomic mass is 9.85. The van der Waals surface area contributed by atoms with Crippen molar-refractivity contribution in [1.29, 1.82) is 0 Å². The molecular formula is C76H96F26O12S2. The molecule has 0 amide bonds. The molecule has 0 aliphatic heterocycles. The number of halogens is 26. The summed E-state index contributed by atoms with van der Waals surface area (Å²) in [6.07, 6.45) is -36.0. The van der Waals surface area contributed by atoms with Crippen LogP contribution in [-0.2, 0) is 61.8 Å². The number of alkyl halides is 24. The van der Waals surface area contributed by atoms with Crippen LogP contribution < -0.4 is 0 Å². The van der Waals surface area contributed by atoms with Crippen LogP contribution >= 0.6 is 0 Å². The first-order valence-electron chi connectivity index (χ1n) is 35.8. The minimum Gasteiger partial charge on any atom is -0.432 e. The van der Waals surface area contributed by atoms with Crippen molar-refractivity contribution in [1.82, 2.24) is 0 Å². The second-order valence-corrected chi connectivity index (χ2v) is 30.2. The highest BCUT2D eigenvalue weighted by molar-refractivity contribution is 7.89. The van der Waals surface area contributed by atoms with Crippen LogP contribution in [-0.4, -0.2) is 106 Å². The third-order valence-electron chi connectivity index (χ3n) is 18.0. The molecule has 12 nitrogen and oxygen atoms in total.